The van der Waals surface area contributed by atoms with Gasteiger partial charge >= 0.3 is 0 Å². The van der Waals surface area contributed by atoms with E-state index in [1.54, 1.807) is 11.8 Å². The third-order valence-electron chi connectivity index (χ3n) is 4.66. The Balaban J connectivity index is 1.40. The number of amides is 1. The van der Waals surface area contributed by atoms with Gasteiger partial charge in [0.2, 0.25) is 5.91 Å². The van der Waals surface area contributed by atoms with Crippen molar-refractivity contribution in [3.8, 4) is 0 Å². The van der Waals surface area contributed by atoms with E-state index in [2.05, 4.69) is 44.3 Å². The van der Waals surface area contributed by atoms with E-state index in [1.165, 1.54) is 10.5 Å². The molecule has 0 radical (unpaired) electrons. The van der Waals surface area contributed by atoms with Crippen LogP contribution >= 0.6 is 39.3 Å². The van der Waals surface area contributed by atoms with Gasteiger partial charge in [-0.2, -0.15) is 0 Å². The quantitative estimate of drug-likeness (QED) is 0.447. The maximum Gasteiger partial charge on any atom is 0.224 e. The van der Waals surface area contributed by atoms with Crippen molar-refractivity contribution in [3.05, 3.63) is 63.6 Å². The lowest BCUT2D eigenvalue weighted by molar-refractivity contribution is -0.126. The van der Waals surface area contributed by atoms with E-state index in [-0.39, 0.29) is 11.8 Å². The molecule has 1 unspecified atom stereocenters. The molecule has 1 atom stereocenters. The van der Waals surface area contributed by atoms with Crippen molar-refractivity contribution < 1.29 is 4.79 Å². The first-order valence-electron chi connectivity index (χ1n) is 9.23. The van der Waals surface area contributed by atoms with Crippen LogP contribution in [0.25, 0.3) is 0 Å². The molecule has 1 aliphatic rings. The maximum absolute atomic E-state index is 12.5. The first-order valence-corrected chi connectivity index (χ1v) is 11.4. The summed E-state index contributed by atoms with van der Waals surface area (Å²) in [6.07, 6.45) is 2.05. The average Bonchev–Trinajstić information content (AvgIpc) is 2.67. The molecule has 0 aromatic heterocycles. The van der Waals surface area contributed by atoms with Crippen LogP contribution in [0.15, 0.2) is 57.9 Å². The van der Waals surface area contributed by atoms with Crippen LogP contribution in [0.1, 0.15) is 18.4 Å². The Hall–Kier alpha value is -1.01. The number of rotatable bonds is 7. The van der Waals surface area contributed by atoms with Gasteiger partial charge in [0.1, 0.15) is 0 Å². The Kier molecular flexibility index (Phi) is 8.07. The van der Waals surface area contributed by atoms with Crippen LogP contribution in [0.4, 0.5) is 0 Å². The predicted molar refractivity (Wildman–Crippen MR) is 117 cm³/mol. The number of carbonyl (C=O) groups excluding carboxylic acids is 1. The van der Waals surface area contributed by atoms with Crippen LogP contribution in [0.2, 0.25) is 5.02 Å². The van der Waals surface area contributed by atoms with E-state index in [0.29, 0.717) is 6.54 Å². The minimum absolute atomic E-state index is 0.0893. The second-order valence-electron chi connectivity index (χ2n) is 6.80. The van der Waals surface area contributed by atoms with Crippen molar-refractivity contribution in [2.75, 3.05) is 25.4 Å². The van der Waals surface area contributed by atoms with Gasteiger partial charge < -0.3 is 5.32 Å². The molecule has 2 aromatic carbocycles. The number of likely N-dealkylation sites (tertiary alicyclic amines) is 1. The molecular weight excluding hydrogens is 444 g/mol. The van der Waals surface area contributed by atoms with Gasteiger partial charge in [0, 0.05) is 39.8 Å². The van der Waals surface area contributed by atoms with Crippen molar-refractivity contribution in [3.63, 3.8) is 0 Å². The van der Waals surface area contributed by atoms with Crippen molar-refractivity contribution in [2.24, 2.45) is 5.92 Å². The minimum Gasteiger partial charge on any atom is -0.355 e. The summed E-state index contributed by atoms with van der Waals surface area (Å²) >= 11 is 11.2. The number of piperidine rings is 1. The Morgan fingerprint density at radius 3 is 2.85 bits per heavy atom. The van der Waals surface area contributed by atoms with Gasteiger partial charge in [0.15, 0.2) is 0 Å². The molecule has 3 nitrogen and oxygen atoms in total. The molecule has 3 rings (SSSR count). The summed E-state index contributed by atoms with van der Waals surface area (Å²) in [5.41, 5.74) is 1.28. The van der Waals surface area contributed by atoms with E-state index >= 15 is 0 Å². The Morgan fingerprint density at radius 2 is 2.07 bits per heavy atom. The number of nitrogens with one attached hydrogen (secondary N) is 1. The number of nitrogens with zero attached hydrogens (tertiary/aromatic N) is 1. The van der Waals surface area contributed by atoms with Crippen molar-refractivity contribution in [1.82, 2.24) is 10.2 Å². The number of halogens is 2. The Morgan fingerprint density at radius 1 is 1.26 bits per heavy atom. The molecule has 1 amide bonds. The lowest BCUT2D eigenvalue weighted by Crippen LogP contribution is -2.43. The zero-order valence-corrected chi connectivity index (χ0v) is 18.3. The fraction of sp³-hybridized carbons (Fsp3) is 0.381. The fourth-order valence-corrected chi connectivity index (χ4v) is 4.67. The van der Waals surface area contributed by atoms with Crippen molar-refractivity contribution in [2.45, 2.75) is 24.3 Å². The Bertz CT molecular complexity index is 756. The molecule has 1 aliphatic heterocycles. The molecule has 0 bridgehead atoms. The lowest BCUT2D eigenvalue weighted by Gasteiger charge is -2.32. The number of hydrogen-bond donors (Lipinski definition) is 1. The highest BCUT2D eigenvalue weighted by atomic mass is 79.9. The first kappa shape index (κ1) is 20.7. The number of thioether (sulfide) groups is 1. The molecule has 0 aliphatic carbocycles. The highest BCUT2D eigenvalue weighted by molar-refractivity contribution is 9.10. The SMILES string of the molecule is O=C(NCCSc1ccc(Cl)cc1)C1CCCN(Cc2cccc(Br)c2)C1. The number of benzene rings is 2. The van der Waals surface area contributed by atoms with Crippen LogP contribution in [0.5, 0.6) is 0 Å². The van der Waals surface area contributed by atoms with Crippen LogP contribution in [0.3, 0.4) is 0 Å². The molecule has 2 aromatic rings. The van der Waals surface area contributed by atoms with Gasteiger partial charge in [-0.15, -0.1) is 11.8 Å². The van der Waals surface area contributed by atoms with E-state index in [0.717, 1.165) is 47.7 Å². The van der Waals surface area contributed by atoms with E-state index < -0.39 is 0 Å². The van der Waals surface area contributed by atoms with Gasteiger partial charge in [0.25, 0.3) is 0 Å². The minimum atomic E-state index is 0.0893. The van der Waals surface area contributed by atoms with Gasteiger partial charge in [0.05, 0.1) is 5.92 Å². The molecule has 6 heteroatoms. The third-order valence-corrected chi connectivity index (χ3v) is 6.41. The molecule has 1 heterocycles. The van der Waals surface area contributed by atoms with E-state index in [1.807, 2.05) is 30.3 Å². The zero-order valence-electron chi connectivity index (χ0n) is 15.2. The smallest absolute Gasteiger partial charge is 0.224 e. The molecule has 27 heavy (non-hydrogen) atoms. The average molecular weight is 468 g/mol. The molecule has 0 saturated carbocycles. The van der Waals surface area contributed by atoms with Gasteiger partial charge in [-0.25, -0.2) is 0 Å². The summed E-state index contributed by atoms with van der Waals surface area (Å²) in [5.74, 6) is 1.14. The molecule has 1 N–H and O–H groups in total. The summed E-state index contributed by atoms with van der Waals surface area (Å²) in [7, 11) is 0. The van der Waals surface area contributed by atoms with E-state index in [4.69, 9.17) is 11.6 Å². The monoisotopic (exact) mass is 466 g/mol. The topological polar surface area (TPSA) is 32.3 Å². The lowest BCUT2D eigenvalue weighted by atomic mass is 9.96. The highest BCUT2D eigenvalue weighted by Crippen LogP contribution is 2.21. The first-order chi connectivity index (χ1) is 13.1. The van der Waals surface area contributed by atoms with Crippen LogP contribution in [0, 0.1) is 5.92 Å². The summed E-state index contributed by atoms with van der Waals surface area (Å²) in [6, 6.07) is 16.2. The second-order valence-corrected chi connectivity index (χ2v) is 9.32. The molecule has 1 fully saturated rings. The summed E-state index contributed by atoms with van der Waals surface area (Å²) in [5, 5.41) is 3.86. The van der Waals surface area contributed by atoms with Crippen LogP contribution in [-0.2, 0) is 11.3 Å². The maximum atomic E-state index is 12.5. The van der Waals surface area contributed by atoms with Gasteiger partial charge in [-0.1, -0.05) is 39.7 Å². The summed E-state index contributed by atoms with van der Waals surface area (Å²) in [6.45, 7) is 3.48. The third kappa shape index (κ3) is 6.83. The second kappa shape index (κ2) is 10.5. The standard InChI is InChI=1S/C21H24BrClN2OS/c22-18-5-1-3-16(13-18)14-25-11-2-4-17(15-25)21(26)24-10-12-27-20-8-6-19(23)7-9-20/h1,3,5-9,13,17H,2,4,10-12,14-15H2,(H,24,26). The predicted octanol–water partition coefficient (Wildman–Crippen LogP) is 5.22. The largest absolute Gasteiger partial charge is 0.355 e. The van der Waals surface area contributed by atoms with Gasteiger partial charge in [-0.05, 0) is 61.3 Å². The normalized spacial score (nSPS) is 17.6. The molecule has 0 spiro atoms. The number of hydrogen-bond acceptors (Lipinski definition) is 3. The van der Waals surface area contributed by atoms with Gasteiger partial charge in [-0.3, -0.25) is 9.69 Å². The summed E-state index contributed by atoms with van der Waals surface area (Å²) < 4.78 is 1.10. The van der Waals surface area contributed by atoms with Crippen LogP contribution in [-0.4, -0.2) is 36.2 Å². The summed E-state index contributed by atoms with van der Waals surface area (Å²) in [4.78, 5) is 16.1. The highest BCUT2D eigenvalue weighted by Gasteiger charge is 2.25. The zero-order chi connectivity index (χ0) is 19.1. The fourth-order valence-electron chi connectivity index (χ4n) is 3.32. The van der Waals surface area contributed by atoms with E-state index in [9.17, 15) is 4.79 Å². The Labute approximate surface area is 179 Å². The van der Waals surface area contributed by atoms with Crippen molar-refractivity contribution in [1.29, 1.82) is 0 Å². The van der Waals surface area contributed by atoms with Crippen LogP contribution < -0.4 is 5.32 Å². The molecule has 144 valence electrons. The number of carbonyl (C=O) groups is 1. The molecule has 1 saturated heterocycles. The molecular formula is C21H24BrClN2OS. The van der Waals surface area contributed by atoms with Crippen molar-refractivity contribution >= 4 is 45.2 Å².